The molecule has 3 aromatic rings. The van der Waals surface area contributed by atoms with Crippen molar-refractivity contribution in [1.82, 2.24) is 5.43 Å². The van der Waals surface area contributed by atoms with E-state index in [1.165, 1.54) is 12.1 Å². The van der Waals surface area contributed by atoms with E-state index in [0.717, 1.165) is 16.3 Å². The van der Waals surface area contributed by atoms with Crippen LogP contribution in [0.15, 0.2) is 65.8 Å². The summed E-state index contributed by atoms with van der Waals surface area (Å²) in [5.74, 6) is -0.0600. The van der Waals surface area contributed by atoms with E-state index in [0.29, 0.717) is 17.9 Å². The van der Waals surface area contributed by atoms with Crippen LogP contribution in [-0.4, -0.2) is 23.1 Å². The molecule has 0 atom stereocenters. The molecular formula is C22H21N3O4. The summed E-state index contributed by atoms with van der Waals surface area (Å²) in [6, 6.07) is 18.3. The highest BCUT2D eigenvalue weighted by Gasteiger charge is 2.17. The molecule has 0 aliphatic rings. The van der Waals surface area contributed by atoms with Gasteiger partial charge in [0.05, 0.1) is 23.7 Å². The van der Waals surface area contributed by atoms with Crippen LogP contribution in [0.1, 0.15) is 25.0 Å². The van der Waals surface area contributed by atoms with Crippen LogP contribution < -0.4 is 10.2 Å². The van der Waals surface area contributed by atoms with Gasteiger partial charge >= 0.3 is 5.69 Å². The van der Waals surface area contributed by atoms with Crippen molar-refractivity contribution in [3.8, 4) is 5.75 Å². The standard InChI is InChI=1S/C22H21N3O4/c1-3-29-21-12-11-17(13-20(21)25(27)28)15(2)23-24-22(26)14-18-9-6-8-16-7-4-5-10-19(16)18/h4-13H,3,14H2,1-2H3,(H,24,26)/b23-15-. The lowest BCUT2D eigenvalue weighted by atomic mass is 10.0. The Labute approximate surface area is 168 Å². The lowest BCUT2D eigenvalue weighted by Crippen LogP contribution is -2.21. The van der Waals surface area contributed by atoms with E-state index in [2.05, 4.69) is 10.5 Å². The van der Waals surface area contributed by atoms with Gasteiger partial charge in [-0.3, -0.25) is 14.9 Å². The fourth-order valence-electron chi connectivity index (χ4n) is 3.03. The number of fused-ring (bicyclic) bond motifs is 1. The van der Waals surface area contributed by atoms with Crippen LogP contribution in [0.5, 0.6) is 5.75 Å². The topological polar surface area (TPSA) is 93.8 Å². The fourth-order valence-corrected chi connectivity index (χ4v) is 3.03. The number of hydrazone groups is 1. The third-order valence-corrected chi connectivity index (χ3v) is 4.45. The fraction of sp³-hybridized carbons (Fsp3) is 0.182. The van der Waals surface area contributed by atoms with Crippen LogP contribution in [0.4, 0.5) is 5.69 Å². The van der Waals surface area contributed by atoms with Gasteiger partial charge in [-0.1, -0.05) is 42.5 Å². The first-order valence-corrected chi connectivity index (χ1v) is 9.21. The van der Waals surface area contributed by atoms with Gasteiger partial charge in [0, 0.05) is 11.6 Å². The summed E-state index contributed by atoms with van der Waals surface area (Å²) >= 11 is 0. The van der Waals surface area contributed by atoms with Gasteiger partial charge in [-0.05, 0) is 42.3 Å². The normalized spacial score (nSPS) is 11.3. The SMILES string of the molecule is CCOc1ccc(/C(C)=N\NC(=O)Cc2cccc3ccccc23)cc1[N+](=O)[O-]. The summed E-state index contributed by atoms with van der Waals surface area (Å²) in [6.45, 7) is 3.77. The van der Waals surface area contributed by atoms with Gasteiger partial charge in [0.1, 0.15) is 0 Å². The average molecular weight is 391 g/mol. The van der Waals surface area contributed by atoms with Crippen molar-refractivity contribution >= 4 is 28.1 Å². The Balaban J connectivity index is 1.74. The molecule has 0 spiro atoms. The number of amides is 1. The Kier molecular flexibility index (Phi) is 6.19. The minimum absolute atomic E-state index is 0.138. The van der Waals surface area contributed by atoms with E-state index in [-0.39, 0.29) is 23.8 Å². The van der Waals surface area contributed by atoms with Crippen molar-refractivity contribution in [3.05, 3.63) is 81.9 Å². The predicted molar refractivity (Wildman–Crippen MR) is 112 cm³/mol. The number of benzene rings is 3. The summed E-state index contributed by atoms with van der Waals surface area (Å²) in [4.78, 5) is 23.1. The van der Waals surface area contributed by atoms with Gasteiger partial charge in [0.15, 0.2) is 5.75 Å². The van der Waals surface area contributed by atoms with Crippen molar-refractivity contribution in [3.63, 3.8) is 0 Å². The lowest BCUT2D eigenvalue weighted by Gasteiger charge is -2.08. The Morgan fingerprint density at radius 3 is 2.66 bits per heavy atom. The maximum atomic E-state index is 12.4. The van der Waals surface area contributed by atoms with E-state index in [1.54, 1.807) is 19.9 Å². The molecule has 0 fully saturated rings. The maximum absolute atomic E-state index is 12.4. The van der Waals surface area contributed by atoms with Crippen LogP contribution >= 0.6 is 0 Å². The first kappa shape index (κ1) is 20.0. The highest BCUT2D eigenvalue weighted by Crippen LogP contribution is 2.28. The number of nitro groups is 1. The highest BCUT2D eigenvalue weighted by atomic mass is 16.6. The van der Waals surface area contributed by atoms with Crippen molar-refractivity contribution in [2.45, 2.75) is 20.3 Å². The number of carbonyl (C=O) groups excluding carboxylic acids is 1. The molecule has 0 aromatic heterocycles. The molecule has 0 heterocycles. The van der Waals surface area contributed by atoms with Crippen molar-refractivity contribution in [2.24, 2.45) is 5.10 Å². The Hall–Kier alpha value is -3.74. The van der Waals surface area contributed by atoms with E-state index >= 15 is 0 Å². The maximum Gasteiger partial charge on any atom is 0.311 e. The van der Waals surface area contributed by atoms with Crippen LogP contribution in [0.2, 0.25) is 0 Å². The second-order valence-electron chi connectivity index (χ2n) is 6.42. The molecule has 0 bridgehead atoms. The molecule has 0 unspecified atom stereocenters. The smallest absolute Gasteiger partial charge is 0.311 e. The molecule has 29 heavy (non-hydrogen) atoms. The second kappa shape index (κ2) is 8.97. The molecule has 3 rings (SSSR count). The highest BCUT2D eigenvalue weighted by molar-refractivity contribution is 6.00. The van der Waals surface area contributed by atoms with Crippen LogP contribution in [0.3, 0.4) is 0 Å². The Morgan fingerprint density at radius 2 is 1.90 bits per heavy atom. The van der Waals surface area contributed by atoms with Crippen molar-refractivity contribution < 1.29 is 14.5 Å². The minimum Gasteiger partial charge on any atom is -0.487 e. The average Bonchev–Trinajstić information content (AvgIpc) is 2.72. The molecule has 0 saturated carbocycles. The number of nitrogens with one attached hydrogen (secondary N) is 1. The van der Waals surface area contributed by atoms with E-state index in [9.17, 15) is 14.9 Å². The van der Waals surface area contributed by atoms with Crippen LogP contribution in [0, 0.1) is 10.1 Å². The quantitative estimate of drug-likeness (QED) is 0.370. The first-order chi connectivity index (χ1) is 14.0. The summed E-state index contributed by atoms with van der Waals surface area (Å²) in [6.07, 6.45) is 0.182. The first-order valence-electron chi connectivity index (χ1n) is 9.21. The van der Waals surface area contributed by atoms with Crippen molar-refractivity contribution in [1.29, 1.82) is 0 Å². The summed E-state index contributed by atoms with van der Waals surface area (Å²) in [5, 5.41) is 17.5. The molecule has 7 heteroatoms. The number of hydrogen-bond donors (Lipinski definition) is 1. The zero-order valence-electron chi connectivity index (χ0n) is 16.2. The van der Waals surface area contributed by atoms with Crippen molar-refractivity contribution in [2.75, 3.05) is 6.61 Å². The number of carbonyl (C=O) groups is 1. The van der Waals surface area contributed by atoms with Gasteiger partial charge in [-0.15, -0.1) is 0 Å². The number of hydrogen-bond acceptors (Lipinski definition) is 5. The molecule has 0 saturated heterocycles. The third kappa shape index (κ3) is 4.76. The molecule has 1 amide bonds. The second-order valence-corrected chi connectivity index (χ2v) is 6.42. The summed E-state index contributed by atoms with van der Waals surface area (Å²) < 4.78 is 5.28. The molecule has 7 nitrogen and oxygen atoms in total. The van der Waals surface area contributed by atoms with Gasteiger partial charge in [-0.2, -0.15) is 5.10 Å². The Bertz CT molecular complexity index is 1090. The minimum atomic E-state index is -0.499. The summed E-state index contributed by atoms with van der Waals surface area (Å²) in [5.41, 5.74) is 4.29. The molecule has 148 valence electrons. The van der Waals surface area contributed by atoms with E-state index in [4.69, 9.17) is 4.74 Å². The van der Waals surface area contributed by atoms with Crippen LogP contribution in [0.25, 0.3) is 10.8 Å². The number of rotatable bonds is 7. The lowest BCUT2D eigenvalue weighted by molar-refractivity contribution is -0.385. The van der Waals surface area contributed by atoms with Crippen LogP contribution in [-0.2, 0) is 11.2 Å². The number of ether oxygens (including phenoxy) is 1. The molecule has 3 aromatic carbocycles. The van der Waals surface area contributed by atoms with E-state index < -0.39 is 4.92 Å². The Morgan fingerprint density at radius 1 is 1.14 bits per heavy atom. The summed E-state index contributed by atoms with van der Waals surface area (Å²) in [7, 11) is 0. The van der Waals surface area contributed by atoms with Gasteiger partial charge in [0.2, 0.25) is 5.91 Å². The molecule has 0 aliphatic heterocycles. The predicted octanol–water partition coefficient (Wildman–Crippen LogP) is 4.23. The van der Waals surface area contributed by atoms with E-state index in [1.807, 2.05) is 42.5 Å². The molecule has 1 N–H and O–H groups in total. The largest absolute Gasteiger partial charge is 0.487 e. The van der Waals surface area contributed by atoms with Gasteiger partial charge < -0.3 is 4.74 Å². The third-order valence-electron chi connectivity index (χ3n) is 4.45. The van der Waals surface area contributed by atoms with Gasteiger partial charge in [0.25, 0.3) is 0 Å². The monoisotopic (exact) mass is 391 g/mol. The molecule has 0 radical (unpaired) electrons. The number of nitro benzene ring substituents is 1. The number of nitrogens with zero attached hydrogens (tertiary/aromatic N) is 2. The molecule has 0 aliphatic carbocycles. The zero-order valence-corrected chi connectivity index (χ0v) is 16.2. The van der Waals surface area contributed by atoms with Gasteiger partial charge in [-0.25, -0.2) is 5.43 Å². The molecular weight excluding hydrogens is 370 g/mol. The zero-order chi connectivity index (χ0) is 20.8.